The van der Waals surface area contributed by atoms with Gasteiger partial charge >= 0.3 is 6.18 Å². The van der Waals surface area contributed by atoms with Crippen molar-refractivity contribution in [3.63, 3.8) is 0 Å². The van der Waals surface area contributed by atoms with Crippen molar-refractivity contribution in [2.24, 2.45) is 0 Å². The molecular weight excluding hydrogens is 427 g/mol. The summed E-state index contributed by atoms with van der Waals surface area (Å²) in [5.74, 6) is -0.281. The third kappa shape index (κ3) is 5.29. The molecule has 2 aromatic rings. The second kappa shape index (κ2) is 9.02. The van der Waals surface area contributed by atoms with Gasteiger partial charge in [0.25, 0.3) is 5.91 Å². The largest absolute Gasteiger partial charge is 0.417 e. The Morgan fingerprint density at radius 2 is 1.97 bits per heavy atom. The zero-order valence-electron chi connectivity index (χ0n) is 15.7. The summed E-state index contributed by atoms with van der Waals surface area (Å²) < 4.78 is 69.1. The Labute approximate surface area is 170 Å². The first-order valence-electron chi connectivity index (χ1n) is 8.99. The summed E-state index contributed by atoms with van der Waals surface area (Å²) in [7, 11) is -3.71. The molecule has 0 atom stereocenters. The van der Waals surface area contributed by atoms with Crippen molar-refractivity contribution in [1.29, 1.82) is 0 Å². The van der Waals surface area contributed by atoms with Gasteiger partial charge < -0.3 is 20.4 Å². The Bertz CT molecular complexity index is 970. The van der Waals surface area contributed by atoms with Crippen molar-refractivity contribution in [3.8, 4) is 0 Å². The highest BCUT2D eigenvalue weighted by atomic mass is 32.2. The van der Waals surface area contributed by atoms with Gasteiger partial charge in [0.05, 0.1) is 18.8 Å². The molecule has 0 aromatic carbocycles. The van der Waals surface area contributed by atoms with Gasteiger partial charge in [0.1, 0.15) is 16.4 Å². The van der Waals surface area contributed by atoms with E-state index in [0.717, 1.165) is 12.3 Å². The summed E-state index contributed by atoms with van der Waals surface area (Å²) in [5.41, 5.74) is -0.773. The molecule has 0 bridgehead atoms. The van der Waals surface area contributed by atoms with Crippen molar-refractivity contribution in [2.45, 2.75) is 11.1 Å². The van der Waals surface area contributed by atoms with E-state index < -0.39 is 27.7 Å². The van der Waals surface area contributed by atoms with Crippen LogP contribution in [-0.2, 0) is 20.9 Å². The van der Waals surface area contributed by atoms with E-state index in [1.54, 1.807) is 0 Å². The van der Waals surface area contributed by atoms with Gasteiger partial charge in [-0.2, -0.15) is 17.5 Å². The first-order valence-corrected chi connectivity index (χ1v) is 10.4. The molecule has 1 aliphatic rings. The van der Waals surface area contributed by atoms with E-state index in [1.807, 2.05) is 0 Å². The van der Waals surface area contributed by atoms with Gasteiger partial charge in [-0.15, -0.1) is 0 Å². The molecule has 0 unspecified atom stereocenters. The fraction of sp³-hybridized carbons (Fsp3) is 0.412. The lowest BCUT2D eigenvalue weighted by Gasteiger charge is -2.25. The van der Waals surface area contributed by atoms with E-state index in [2.05, 4.69) is 20.6 Å². The number of carbonyl (C=O) groups excluding carboxylic acids is 1. The summed E-state index contributed by atoms with van der Waals surface area (Å²) in [6, 6.07) is 3.35. The van der Waals surface area contributed by atoms with Crippen LogP contribution in [0.25, 0.3) is 0 Å². The zero-order chi connectivity index (χ0) is 21.8. The molecule has 0 radical (unpaired) electrons. The van der Waals surface area contributed by atoms with Crippen LogP contribution in [0.5, 0.6) is 0 Å². The Hall–Kier alpha value is -2.64. The highest BCUT2D eigenvalue weighted by molar-refractivity contribution is 7.89. The quantitative estimate of drug-likeness (QED) is 0.551. The first kappa shape index (κ1) is 22.1. The Morgan fingerprint density at radius 1 is 1.23 bits per heavy atom. The molecule has 13 heteroatoms. The van der Waals surface area contributed by atoms with Gasteiger partial charge in [-0.25, -0.2) is 13.4 Å². The predicted octanol–water partition coefficient (Wildman–Crippen LogP) is 1.29. The van der Waals surface area contributed by atoms with Crippen molar-refractivity contribution in [1.82, 2.24) is 19.6 Å². The van der Waals surface area contributed by atoms with Crippen molar-refractivity contribution in [3.05, 3.63) is 41.9 Å². The molecule has 1 aliphatic heterocycles. The number of H-pyrrole nitrogens is 1. The molecule has 0 saturated carbocycles. The molecule has 3 N–H and O–H groups in total. The van der Waals surface area contributed by atoms with Gasteiger partial charge in [-0.05, 0) is 18.2 Å². The number of carbonyl (C=O) groups is 1. The number of aromatic nitrogens is 2. The maximum Gasteiger partial charge on any atom is 0.417 e. The van der Waals surface area contributed by atoms with Crippen molar-refractivity contribution >= 4 is 21.7 Å². The fourth-order valence-corrected chi connectivity index (χ4v) is 4.12. The SMILES string of the molecule is O=C(NCCNc1ccc(C(F)(F)F)cn1)c1cc(S(=O)(=O)N2CCOCC2)c[nH]1. The number of nitrogens with one attached hydrogen (secondary N) is 3. The van der Waals surface area contributed by atoms with E-state index in [4.69, 9.17) is 4.74 Å². The number of nitrogens with zero attached hydrogens (tertiary/aromatic N) is 2. The second-order valence-corrected chi connectivity index (χ2v) is 8.32. The number of aromatic amines is 1. The number of amides is 1. The Kier molecular flexibility index (Phi) is 6.63. The Morgan fingerprint density at radius 3 is 2.60 bits per heavy atom. The van der Waals surface area contributed by atoms with Gasteiger partial charge in [-0.3, -0.25) is 4.79 Å². The molecule has 3 heterocycles. The van der Waals surface area contributed by atoms with Crippen molar-refractivity contribution in [2.75, 3.05) is 44.7 Å². The third-order valence-corrected chi connectivity index (χ3v) is 6.19. The number of anilines is 1. The number of ether oxygens (including phenoxy) is 1. The molecular formula is C17H20F3N5O4S. The molecule has 2 aromatic heterocycles. The van der Waals surface area contributed by atoms with Crippen LogP contribution in [0.3, 0.4) is 0 Å². The summed E-state index contributed by atoms with van der Waals surface area (Å²) in [6.07, 6.45) is -2.48. The van der Waals surface area contributed by atoms with E-state index in [-0.39, 0.29) is 42.6 Å². The molecule has 0 spiro atoms. The van der Waals surface area contributed by atoms with E-state index in [1.165, 1.54) is 22.6 Å². The Balaban J connectivity index is 1.49. The summed E-state index contributed by atoms with van der Waals surface area (Å²) in [6.45, 7) is 1.49. The van der Waals surface area contributed by atoms with Gasteiger partial charge in [0.15, 0.2) is 0 Å². The lowest BCUT2D eigenvalue weighted by Crippen LogP contribution is -2.40. The van der Waals surface area contributed by atoms with Crippen LogP contribution in [0.2, 0.25) is 0 Å². The third-order valence-electron chi connectivity index (χ3n) is 4.32. The maximum absolute atomic E-state index is 12.6. The predicted molar refractivity (Wildman–Crippen MR) is 100 cm³/mol. The molecule has 30 heavy (non-hydrogen) atoms. The zero-order valence-corrected chi connectivity index (χ0v) is 16.5. The van der Waals surface area contributed by atoms with Crippen LogP contribution in [0.15, 0.2) is 35.5 Å². The second-order valence-electron chi connectivity index (χ2n) is 6.38. The topological polar surface area (TPSA) is 116 Å². The number of rotatable bonds is 7. The van der Waals surface area contributed by atoms with Gasteiger partial charge in [0, 0.05) is 38.6 Å². The smallest absolute Gasteiger partial charge is 0.379 e. The number of hydrogen-bond donors (Lipinski definition) is 3. The summed E-state index contributed by atoms with van der Waals surface area (Å²) in [5, 5.41) is 5.37. The van der Waals surface area contributed by atoms with E-state index in [9.17, 15) is 26.4 Å². The van der Waals surface area contributed by atoms with Crippen LogP contribution in [0.4, 0.5) is 19.0 Å². The van der Waals surface area contributed by atoms with Gasteiger partial charge in [0.2, 0.25) is 10.0 Å². The minimum absolute atomic E-state index is 0.0124. The molecule has 9 nitrogen and oxygen atoms in total. The van der Waals surface area contributed by atoms with Crippen LogP contribution < -0.4 is 10.6 Å². The highest BCUT2D eigenvalue weighted by Gasteiger charge is 2.30. The van der Waals surface area contributed by atoms with E-state index in [0.29, 0.717) is 13.2 Å². The molecule has 1 fully saturated rings. The minimum Gasteiger partial charge on any atom is -0.379 e. The van der Waals surface area contributed by atoms with Crippen LogP contribution in [0, 0.1) is 0 Å². The number of halogens is 3. The maximum atomic E-state index is 12.6. The first-order chi connectivity index (χ1) is 14.2. The van der Waals surface area contributed by atoms with Crippen LogP contribution in [-0.4, -0.2) is 68.0 Å². The molecule has 0 aliphatic carbocycles. The molecule has 3 rings (SSSR count). The number of pyridine rings is 1. The normalized spacial score (nSPS) is 15.7. The average Bonchev–Trinajstić information content (AvgIpc) is 3.23. The lowest BCUT2D eigenvalue weighted by molar-refractivity contribution is -0.137. The molecule has 1 amide bonds. The standard InChI is InChI=1S/C17H20F3N5O4S/c18-17(19,20)12-1-2-15(24-10-12)21-3-4-22-16(26)14-9-13(11-23-14)30(27,28)25-5-7-29-8-6-25/h1-2,9-11,23H,3-8H2,(H,21,24)(H,22,26). The number of hydrogen-bond acceptors (Lipinski definition) is 6. The lowest BCUT2D eigenvalue weighted by atomic mass is 10.3. The highest BCUT2D eigenvalue weighted by Crippen LogP contribution is 2.28. The van der Waals surface area contributed by atoms with Crippen LogP contribution >= 0.6 is 0 Å². The summed E-state index contributed by atoms with van der Waals surface area (Å²) in [4.78, 5) is 18.5. The van der Waals surface area contributed by atoms with Gasteiger partial charge in [-0.1, -0.05) is 0 Å². The molecule has 164 valence electrons. The number of alkyl halides is 3. The van der Waals surface area contributed by atoms with E-state index >= 15 is 0 Å². The average molecular weight is 447 g/mol. The summed E-state index contributed by atoms with van der Waals surface area (Å²) >= 11 is 0. The number of sulfonamides is 1. The monoisotopic (exact) mass is 447 g/mol. The minimum atomic E-state index is -4.45. The van der Waals surface area contributed by atoms with Crippen molar-refractivity contribution < 1.29 is 31.1 Å². The van der Waals surface area contributed by atoms with Crippen LogP contribution in [0.1, 0.15) is 16.1 Å². The molecule has 1 saturated heterocycles. The fourth-order valence-electron chi connectivity index (χ4n) is 2.72. The number of morpholine rings is 1.